The smallest absolute Gasteiger partial charge is 0.165 e. The van der Waals surface area contributed by atoms with Crippen molar-refractivity contribution in [2.24, 2.45) is 0 Å². The van der Waals surface area contributed by atoms with E-state index in [4.69, 9.17) is 14.4 Å². The Morgan fingerprint density at radius 3 is 1.88 bits per heavy atom. The molecule has 266 valence electrons. The van der Waals surface area contributed by atoms with Gasteiger partial charge in [-0.3, -0.25) is 4.57 Å². The first kappa shape index (κ1) is 31.0. The third-order valence-corrected chi connectivity index (χ3v) is 12.7. The van der Waals surface area contributed by atoms with Crippen molar-refractivity contribution in [2.45, 2.75) is 19.3 Å². The van der Waals surface area contributed by atoms with Gasteiger partial charge in [0.05, 0.1) is 22.4 Å². The van der Waals surface area contributed by atoms with Crippen molar-refractivity contribution < 1.29 is 4.42 Å². The summed E-state index contributed by atoms with van der Waals surface area (Å²) in [6.45, 7) is 4.54. The molecule has 0 spiro atoms. The predicted octanol–water partition coefficient (Wildman–Crippen LogP) is 14.1. The van der Waals surface area contributed by atoms with Crippen molar-refractivity contribution >= 4 is 86.8 Å². The van der Waals surface area contributed by atoms with Gasteiger partial charge in [-0.05, 0) is 79.7 Å². The second-order valence-corrected chi connectivity index (χ2v) is 16.1. The molecule has 0 unspecified atom stereocenters. The van der Waals surface area contributed by atoms with Gasteiger partial charge in [0.15, 0.2) is 5.82 Å². The quantitative estimate of drug-likeness (QED) is 0.167. The summed E-state index contributed by atoms with van der Waals surface area (Å²) in [5.41, 5.74) is 9.67. The summed E-state index contributed by atoms with van der Waals surface area (Å²) in [4.78, 5) is 11.5. The van der Waals surface area contributed by atoms with Crippen LogP contribution < -0.4 is 0 Å². The number of rotatable bonds is 2. The van der Waals surface area contributed by atoms with E-state index in [2.05, 4.69) is 170 Å². The molecule has 0 saturated carbocycles. The van der Waals surface area contributed by atoms with Gasteiger partial charge in [0.2, 0.25) is 0 Å². The fraction of sp³-hybridized carbons (Fsp3) is 0.0566. The molecule has 0 aliphatic heterocycles. The van der Waals surface area contributed by atoms with E-state index >= 15 is 0 Å². The topological polar surface area (TPSA) is 43.9 Å². The summed E-state index contributed by atoms with van der Waals surface area (Å²) in [6.07, 6.45) is 0. The number of furan rings is 1. The van der Waals surface area contributed by atoms with Crippen molar-refractivity contribution in [3.05, 3.63) is 175 Å². The third-order valence-electron chi connectivity index (χ3n) is 12.7. The van der Waals surface area contributed by atoms with Gasteiger partial charge < -0.3 is 4.42 Å². The van der Waals surface area contributed by atoms with Gasteiger partial charge in [-0.1, -0.05) is 141 Å². The molecule has 3 aromatic heterocycles. The van der Waals surface area contributed by atoms with E-state index in [1.807, 2.05) is 12.1 Å². The fourth-order valence-electron chi connectivity index (χ4n) is 10.1. The van der Waals surface area contributed by atoms with E-state index in [0.717, 1.165) is 67.0 Å². The van der Waals surface area contributed by atoms with E-state index < -0.39 is 0 Å². The van der Waals surface area contributed by atoms with E-state index in [-0.39, 0.29) is 5.41 Å². The van der Waals surface area contributed by atoms with Crippen LogP contribution in [0.5, 0.6) is 0 Å². The van der Waals surface area contributed by atoms with Crippen LogP contribution in [0.2, 0.25) is 0 Å². The van der Waals surface area contributed by atoms with Crippen molar-refractivity contribution in [1.29, 1.82) is 0 Å². The first-order valence-corrected chi connectivity index (χ1v) is 19.7. The summed E-state index contributed by atoms with van der Waals surface area (Å²) < 4.78 is 8.88. The SMILES string of the molecule is CC1(C)c2ccccc2-c2nc(-n3c4cc5ccccc5cc4c4c5c6ccccc6c6ccccc6c5ccc43)c(-c3ccc4c(c3)oc3ccccc34)nc21. The van der Waals surface area contributed by atoms with Gasteiger partial charge in [-0.2, -0.15) is 0 Å². The highest BCUT2D eigenvalue weighted by Gasteiger charge is 2.39. The van der Waals surface area contributed by atoms with Crippen LogP contribution in [-0.2, 0) is 5.41 Å². The molecule has 0 fully saturated rings. The monoisotopic (exact) mass is 727 g/mol. The Bertz CT molecular complexity index is 3700. The Labute approximate surface area is 327 Å². The number of hydrogen-bond donors (Lipinski definition) is 0. The molecule has 0 atom stereocenters. The lowest BCUT2D eigenvalue weighted by Crippen LogP contribution is -2.18. The van der Waals surface area contributed by atoms with Gasteiger partial charge >= 0.3 is 0 Å². The molecule has 0 N–H and O–H groups in total. The zero-order valence-corrected chi connectivity index (χ0v) is 31.3. The molecule has 57 heavy (non-hydrogen) atoms. The van der Waals surface area contributed by atoms with E-state index in [1.54, 1.807) is 0 Å². The number of fused-ring (bicyclic) bond motifs is 17. The third kappa shape index (κ3) is 4.06. The average Bonchev–Trinajstić information content (AvgIpc) is 3.86. The van der Waals surface area contributed by atoms with Crippen molar-refractivity contribution in [1.82, 2.24) is 14.5 Å². The standard InChI is InChI=1S/C53H33N3O/c1-53(2)42-21-11-9-20-40(42)50-51(53)54-49(32-23-24-37-36-18-10-12-22-45(36)57-46(37)29-32)52(55-50)56-43-26-25-39-35-17-6-5-15-33(35)34-16-7-8-19-38(34)47(39)48(43)41-27-30-13-3-4-14-31(30)28-44(41)56/h3-29H,1-2H3. The van der Waals surface area contributed by atoms with Gasteiger partial charge in [-0.25, -0.2) is 9.97 Å². The minimum atomic E-state index is -0.330. The van der Waals surface area contributed by atoms with Crippen LogP contribution in [0.15, 0.2) is 168 Å². The minimum Gasteiger partial charge on any atom is -0.456 e. The van der Waals surface area contributed by atoms with Crippen LogP contribution in [-0.4, -0.2) is 14.5 Å². The molecule has 1 aliphatic rings. The molecule has 13 rings (SSSR count). The molecular weight excluding hydrogens is 695 g/mol. The summed E-state index contributed by atoms with van der Waals surface area (Å²) in [7, 11) is 0. The number of aromatic nitrogens is 3. The van der Waals surface area contributed by atoms with E-state index in [9.17, 15) is 0 Å². The minimum absolute atomic E-state index is 0.330. The summed E-state index contributed by atoms with van der Waals surface area (Å²) in [5.74, 6) is 0.802. The van der Waals surface area contributed by atoms with Gasteiger partial charge in [0, 0.05) is 43.5 Å². The maximum absolute atomic E-state index is 6.49. The molecule has 9 aromatic carbocycles. The molecule has 0 bridgehead atoms. The normalized spacial score (nSPS) is 13.6. The summed E-state index contributed by atoms with van der Waals surface area (Å²) >= 11 is 0. The highest BCUT2D eigenvalue weighted by molar-refractivity contribution is 6.35. The predicted molar refractivity (Wildman–Crippen MR) is 237 cm³/mol. The summed E-state index contributed by atoms with van der Waals surface area (Å²) in [6, 6.07) is 59.2. The van der Waals surface area contributed by atoms with E-state index in [1.165, 1.54) is 59.4 Å². The van der Waals surface area contributed by atoms with Crippen LogP contribution in [0.1, 0.15) is 25.1 Å². The van der Waals surface area contributed by atoms with Crippen LogP contribution in [0.3, 0.4) is 0 Å². The molecule has 0 saturated heterocycles. The van der Waals surface area contributed by atoms with E-state index in [0.29, 0.717) is 0 Å². The molecule has 12 aromatic rings. The second kappa shape index (κ2) is 10.9. The van der Waals surface area contributed by atoms with Gasteiger partial charge in [0.25, 0.3) is 0 Å². The van der Waals surface area contributed by atoms with Crippen molar-refractivity contribution in [2.75, 3.05) is 0 Å². The Morgan fingerprint density at radius 2 is 1.07 bits per heavy atom. The molecule has 1 aliphatic carbocycles. The lowest BCUT2D eigenvalue weighted by Gasteiger charge is -2.21. The zero-order chi connectivity index (χ0) is 37.6. The first-order valence-electron chi connectivity index (χ1n) is 19.7. The van der Waals surface area contributed by atoms with Crippen molar-refractivity contribution in [3.63, 3.8) is 0 Å². The molecule has 4 nitrogen and oxygen atoms in total. The Morgan fingerprint density at radius 1 is 0.456 bits per heavy atom. The number of nitrogens with zero attached hydrogens (tertiary/aromatic N) is 3. The van der Waals surface area contributed by atoms with Crippen LogP contribution in [0, 0.1) is 0 Å². The molecular formula is C53H33N3O. The molecule has 4 heteroatoms. The fourth-order valence-corrected chi connectivity index (χ4v) is 10.1. The lowest BCUT2D eigenvalue weighted by atomic mass is 9.85. The van der Waals surface area contributed by atoms with Crippen LogP contribution >= 0.6 is 0 Å². The molecule has 0 radical (unpaired) electrons. The van der Waals surface area contributed by atoms with Gasteiger partial charge in [-0.15, -0.1) is 0 Å². The highest BCUT2D eigenvalue weighted by Crippen LogP contribution is 2.50. The van der Waals surface area contributed by atoms with Crippen LogP contribution in [0.25, 0.3) is 115 Å². The number of hydrogen-bond acceptors (Lipinski definition) is 3. The lowest BCUT2D eigenvalue weighted by molar-refractivity contribution is 0.635. The Balaban J connectivity index is 1.23. The van der Waals surface area contributed by atoms with Crippen LogP contribution in [0.4, 0.5) is 0 Å². The van der Waals surface area contributed by atoms with Crippen molar-refractivity contribution in [3.8, 4) is 28.3 Å². The summed E-state index contributed by atoms with van der Waals surface area (Å²) in [5, 5.41) is 14.5. The average molecular weight is 728 g/mol. The Kier molecular flexibility index (Phi) is 5.94. The maximum Gasteiger partial charge on any atom is 0.165 e. The van der Waals surface area contributed by atoms with Gasteiger partial charge in [0.1, 0.15) is 16.9 Å². The Hall–Kier alpha value is -7.30. The highest BCUT2D eigenvalue weighted by atomic mass is 16.3. The number of benzene rings is 9. The second-order valence-electron chi connectivity index (χ2n) is 16.1. The maximum atomic E-state index is 6.49. The molecule has 0 amide bonds. The largest absolute Gasteiger partial charge is 0.456 e. The number of para-hydroxylation sites is 1. The first-order chi connectivity index (χ1) is 28.0. The zero-order valence-electron chi connectivity index (χ0n) is 31.3. The molecule has 3 heterocycles.